The topological polar surface area (TPSA) is 69.7 Å². The normalized spacial score (nSPS) is 12.0. The maximum Gasteiger partial charge on any atom is 0.217 e. The van der Waals surface area contributed by atoms with E-state index in [0.717, 1.165) is 6.26 Å². The van der Waals surface area contributed by atoms with Crippen molar-refractivity contribution in [1.82, 2.24) is 0 Å². The van der Waals surface area contributed by atoms with Gasteiger partial charge in [-0.15, -0.1) is 0 Å². The monoisotopic (exact) mass is 252 g/mol. The fourth-order valence-electron chi connectivity index (χ4n) is 1.16. The molecule has 0 rings (SSSR count). The van der Waals surface area contributed by atoms with Crippen LogP contribution < -0.4 is 0 Å². The van der Waals surface area contributed by atoms with Crippen LogP contribution in [0, 0.1) is 0 Å². The lowest BCUT2D eigenvalue weighted by atomic mass is 10.2. The van der Waals surface area contributed by atoms with Crippen LogP contribution in [0.25, 0.3) is 0 Å². The smallest absolute Gasteiger partial charge is 0.217 e. The molecule has 0 fully saturated rings. The molecule has 0 amide bonds. The SMILES string of the molecule is CCOC(OCC)C(=O)CCCS(C)(=O)=O. The van der Waals surface area contributed by atoms with E-state index in [9.17, 15) is 13.2 Å². The Morgan fingerprint density at radius 3 is 2.06 bits per heavy atom. The second-order valence-electron chi connectivity index (χ2n) is 3.44. The largest absolute Gasteiger partial charge is 0.346 e. The standard InChI is InChI=1S/C10H20O5S/c1-4-14-10(15-5-2)9(11)7-6-8-16(3,12)13/h10H,4-8H2,1-3H3. The minimum absolute atomic E-state index is 0.0176. The molecule has 0 spiro atoms. The molecule has 0 saturated carbocycles. The van der Waals surface area contributed by atoms with E-state index < -0.39 is 16.1 Å². The number of sulfone groups is 1. The lowest BCUT2D eigenvalue weighted by Gasteiger charge is -2.15. The fourth-order valence-corrected chi connectivity index (χ4v) is 1.83. The van der Waals surface area contributed by atoms with Gasteiger partial charge in [0.25, 0.3) is 0 Å². The van der Waals surface area contributed by atoms with Gasteiger partial charge in [0.05, 0.1) is 5.75 Å². The molecule has 0 aromatic carbocycles. The zero-order valence-corrected chi connectivity index (χ0v) is 10.9. The van der Waals surface area contributed by atoms with Gasteiger partial charge in [0.15, 0.2) is 5.78 Å². The van der Waals surface area contributed by atoms with E-state index in [0.29, 0.717) is 19.6 Å². The van der Waals surface area contributed by atoms with E-state index in [4.69, 9.17) is 9.47 Å². The number of carbonyl (C=O) groups is 1. The van der Waals surface area contributed by atoms with Crippen LogP contribution in [-0.2, 0) is 24.1 Å². The summed E-state index contributed by atoms with van der Waals surface area (Å²) in [6.07, 6.45) is 0.779. The Kier molecular flexibility index (Phi) is 7.53. The van der Waals surface area contributed by atoms with Crippen LogP contribution in [0.1, 0.15) is 26.7 Å². The van der Waals surface area contributed by atoms with E-state index in [2.05, 4.69) is 0 Å². The predicted octanol–water partition coefficient (Wildman–Crippen LogP) is 0.779. The van der Waals surface area contributed by atoms with E-state index >= 15 is 0 Å². The summed E-state index contributed by atoms with van der Waals surface area (Å²) in [5.74, 6) is -0.184. The molecule has 0 heterocycles. The molecule has 0 radical (unpaired) electrons. The van der Waals surface area contributed by atoms with E-state index in [1.165, 1.54) is 0 Å². The molecular weight excluding hydrogens is 232 g/mol. The number of hydrogen-bond acceptors (Lipinski definition) is 5. The number of ketones is 1. The van der Waals surface area contributed by atoms with Gasteiger partial charge in [-0.05, 0) is 20.3 Å². The number of hydrogen-bond donors (Lipinski definition) is 0. The first-order valence-corrected chi connectivity index (χ1v) is 7.40. The molecule has 16 heavy (non-hydrogen) atoms. The van der Waals surface area contributed by atoms with Crippen LogP contribution in [-0.4, -0.2) is 45.7 Å². The average Bonchev–Trinajstić information content (AvgIpc) is 2.15. The molecule has 0 atom stereocenters. The summed E-state index contributed by atoms with van der Waals surface area (Å²) < 4.78 is 31.9. The molecule has 0 unspecified atom stereocenters. The van der Waals surface area contributed by atoms with Crippen molar-refractivity contribution >= 4 is 15.6 Å². The lowest BCUT2D eigenvalue weighted by molar-refractivity contribution is -0.167. The van der Waals surface area contributed by atoms with Crippen LogP contribution in [0.5, 0.6) is 0 Å². The Labute approximate surface area is 97.0 Å². The first kappa shape index (κ1) is 15.5. The molecular formula is C10H20O5S. The van der Waals surface area contributed by atoms with E-state index in [-0.39, 0.29) is 18.0 Å². The van der Waals surface area contributed by atoms with Gasteiger partial charge >= 0.3 is 0 Å². The van der Waals surface area contributed by atoms with Gasteiger partial charge in [0, 0.05) is 25.9 Å². The van der Waals surface area contributed by atoms with Crippen molar-refractivity contribution in [3.63, 3.8) is 0 Å². The number of rotatable bonds is 9. The highest BCUT2D eigenvalue weighted by Gasteiger charge is 2.18. The summed E-state index contributed by atoms with van der Waals surface area (Å²) in [4.78, 5) is 11.6. The molecule has 0 saturated heterocycles. The highest BCUT2D eigenvalue weighted by Crippen LogP contribution is 2.04. The second-order valence-corrected chi connectivity index (χ2v) is 5.70. The highest BCUT2D eigenvalue weighted by atomic mass is 32.2. The van der Waals surface area contributed by atoms with E-state index in [1.54, 1.807) is 13.8 Å². The first-order chi connectivity index (χ1) is 7.40. The summed E-state index contributed by atoms with van der Waals surface area (Å²) >= 11 is 0. The van der Waals surface area contributed by atoms with Gasteiger partial charge in [-0.1, -0.05) is 0 Å². The van der Waals surface area contributed by atoms with Crippen LogP contribution in [0.3, 0.4) is 0 Å². The molecule has 0 aliphatic heterocycles. The Balaban J connectivity index is 4.00. The number of ether oxygens (including phenoxy) is 2. The summed E-state index contributed by atoms with van der Waals surface area (Å²) in [5, 5.41) is 0. The Bertz CT molecular complexity index is 290. The number of carbonyl (C=O) groups excluding carboxylic acids is 1. The fraction of sp³-hybridized carbons (Fsp3) is 0.900. The first-order valence-electron chi connectivity index (χ1n) is 5.34. The van der Waals surface area contributed by atoms with Crippen LogP contribution in [0.4, 0.5) is 0 Å². The molecule has 0 aromatic heterocycles. The van der Waals surface area contributed by atoms with Gasteiger partial charge in [-0.25, -0.2) is 8.42 Å². The Morgan fingerprint density at radius 1 is 1.19 bits per heavy atom. The van der Waals surface area contributed by atoms with Crippen molar-refractivity contribution in [2.24, 2.45) is 0 Å². The Hall–Kier alpha value is -0.460. The van der Waals surface area contributed by atoms with Gasteiger partial charge < -0.3 is 9.47 Å². The summed E-state index contributed by atoms with van der Waals surface area (Å²) in [5.41, 5.74) is 0. The van der Waals surface area contributed by atoms with Crippen molar-refractivity contribution in [2.45, 2.75) is 33.0 Å². The summed E-state index contributed by atoms with van der Waals surface area (Å²) in [7, 11) is -3.00. The average molecular weight is 252 g/mol. The highest BCUT2D eigenvalue weighted by molar-refractivity contribution is 7.90. The van der Waals surface area contributed by atoms with Crippen molar-refractivity contribution in [3.05, 3.63) is 0 Å². The van der Waals surface area contributed by atoms with E-state index in [1.807, 2.05) is 0 Å². The van der Waals surface area contributed by atoms with Crippen molar-refractivity contribution in [2.75, 3.05) is 25.2 Å². The summed E-state index contributed by atoms with van der Waals surface area (Å²) in [6, 6.07) is 0. The molecule has 0 N–H and O–H groups in total. The Morgan fingerprint density at radius 2 is 1.69 bits per heavy atom. The molecule has 6 heteroatoms. The van der Waals surface area contributed by atoms with Crippen molar-refractivity contribution < 1.29 is 22.7 Å². The minimum atomic E-state index is -3.00. The third kappa shape index (κ3) is 7.78. The molecule has 0 aliphatic rings. The lowest BCUT2D eigenvalue weighted by Crippen LogP contribution is -2.28. The maximum absolute atomic E-state index is 11.6. The molecule has 5 nitrogen and oxygen atoms in total. The van der Waals surface area contributed by atoms with Crippen molar-refractivity contribution in [3.8, 4) is 0 Å². The van der Waals surface area contributed by atoms with Gasteiger partial charge in [0.2, 0.25) is 6.29 Å². The van der Waals surface area contributed by atoms with Gasteiger partial charge in [0.1, 0.15) is 9.84 Å². The molecule has 0 bridgehead atoms. The maximum atomic E-state index is 11.6. The third-order valence-corrected chi connectivity index (χ3v) is 2.87. The van der Waals surface area contributed by atoms with Crippen LogP contribution in [0.15, 0.2) is 0 Å². The number of Topliss-reactive ketones (excluding diaryl/α,β-unsaturated/α-hetero) is 1. The minimum Gasteiger partial charge on any atom is -0.346 e. The molecule has 96 valence electrons. The zero-order valence-electron chi connectivity index (χ0n) is 10.1. The predicted molar refractivity (Wildman–Crippen MR) is 61.0 cm³/mol. The van der Waals surface area contributed by atoms with Gasteiger partial charge in [-0.2, -0.15) is 0 Å². The third-order valence-electron chi connectivity index (χ3n) is 1.84. The summed E-state index contributed by atoms with van der Waals surface area (Å²) in [6.45, 7) is 4.33. The second kappa shape index (κ2) is 7.76. The van der Waals surface area contributed by atoms with Crippen LogP contribution >= 0.6 is 0 Å². The molecule has 0 aromatic rings. The van der Waals surface area contributed by atoms with Gasteiger partial charge in [-0.3, -0.25) is 4.79 Å². The quantitative estimate of drug-likeness (QED) is 0.567. The zero-order chi connectivity index (χ0) is 12.6. The van der Waals surface area contributed by atoms with Crippen molar-refractivity contribution in [1.29, 1.82) is 0 Å². The van der Waals surface area contributed by atoms with Crippen LogP contribution in [0.2, 0.25) is 0 Å². The molecule has 0 aliphatic carbocycles.